The Hall–Kier alpha value is -0.870. The highest BCUT2D eigenvalue weighted by Gasteiger charge is 2.39. The number of rotatable bonds is 5. The van der Waals surface area contributed by atoms with Gasteiger partial charge in [-0.25, -0.2) is 0 Å². The molecular weight excluding hydrogens is 268 g/mol. The minimum atomic E-state index is -0.00734. The van der Waals surface area contributed by atoms with Gasteiger partial charge in [-0.3, -0.25) is 10.1 Å². The predicted molar refractivity (Wildman–Crippen MR) is 84.7 cm³/mol. The zero-order chi connectivity index (χ0) is 14.8. The summed E-state index contributed by atoms with van der Waals surface area (Å²) in [4.78, 5) is 15.9. The molecule has 1 aromatic rings. The van der Waals surface area contributed by atoms with E-state index in [1.54, 1.807) is 11.3 Å². The molecule has 2 heterocycles. The van der Waals surface area contributed by atoms with Crippen LogP contribution in [0, 0.1) is 5.41 Å². The lowest BCUT2D eigenvalue weighted by molar-refractivity contribution is -0.130. The van der Waals surface area contributed by atoms with Crippen molar-refractivity contribution in [2.24, 2.45) is 5.41 Å². The summed E-state index contributed by atoms with van der Waals surface area (Å²) in [5.41, 5.74) is 0.253. The summed E-state index contributed by atoms with van der Waals surface area (Å²) in [6.07, 6.45) is 3.06. The number of carbonyl (C=O) groups is 1. The molecule has 1 saturated heterocycles. The van der Waals surface area contributed by atoms with E-state index in [1.807, 2.05) is 4.90 Å². The Bertz CT molecular complexity index is 436. The molecule has 112 valence electrons. The lowest BCUT2D eigenvalue weighted by Gasteiger charge is -2.27. The zero-order valence-electron chi connectivity index (χ0n) is 13.0. The number of hydrogen-bond donors (Lipinski definition) is 1. The van der Waals surface area contributed by atoms with E-state index in [1.165, 1.54) is 4.88 Å². The number of hydrogen-bond acceptors (Lipinski definition) is 3. The first-order valence-electron chi connectivity index (χ1n) is 7.52. The first-order chi connectivity index (χ1) is 9.42. The fraction of sp³-hybridized carbons (Fsp3) is 0.688. The molecule has 20 heavy (non-hydrogen) atoms. The van der Waals surface area contributed by atoms with Crippen LogP contribution in [0.2, 0.25) is 0 Å². The molecule has 2 unspecified atom stereocenters. The van der Waals surface area contributed by atoms with Gasteiger partial charge < -0.3 is 4.90 Å². The van der Waals surface area contributed by atoms with E-state index in [0.29, 0.717) is 0 Å². The topological polar surface area (TPSA) is 32.3 Å². The second kappa shape index (κ2) is 6.27. The first kappa shape index (κ1) is 15.5. The molecule has 0 radical (unpaired) electrons. The molecule has 3 nitrogen and oxygen atoms in total. The van der Waals surface area contributed by atoms with Crippen LogP contribution in [0.25, 0.3) is 0 Å². The summed E-state index contributed by atoms with van der Waals surface area (Å²) in [6, 6.07) is 4.17. The largest absolute Gasteiger partial charge is 0.321 e. The molecule has 1 N–H and O–H groups in total. The maximum atomic E-state index is 12.6. The van der Waals surface area contributed by atoms with Gasteiger partial charge in [0.1, 0.15) is 6.17 Å². The fourth-order valence-electron chi connectivity index (χ4n) is 2.55. The molecule has 0 bridgehead atoms. The number of amides is 1. The fourth-order valence-corrected chi connectivity index (χ4v) is 3.35. The average Bonchev–Trinajstić information content (AvgIpc) is 2.96. The van der Waals surface area contributed by atoms with Gasteiger partial charge in [-0.15, -0.1) is 11.3 Å². The number of thiophene rings is 1. The third-order valence-electron chi connectivity index (χ3n) is 3.74. The van der Waals surface area contributed by atoms with Crippen molar-refractivity contribution in [2.75, 3.05) is 6.54 Å². The van der Waals surface area contributed by atoms with Crippen molar-refractivity contribution in [3.8, 4) is 0 Å². The molecule has 0 saturated carbocycles. The van der Waals surface area contributed by atoms with Gasteiger partial charge in [0.2, 0.25) is 5.91 Å². The van der Waals surface area contributed by atoms with Crippen LogP contribution in [0.5, 0.6) is 0 Å². The third-order valence-corrected chi connectivity index (χ3v) is 4.67. The molecule has 4 heteroatoms. The van der Waals surface area contributed by atoms with Gasteiger partial charge >= 0.3 is 0 Å². The standard InChI is InChI=1S/C16H26N2OS/c1-5-7-12-15(19)18(10-9-16(2,3)4)14(17-12)13-8-6-11-20-13/h6,8,11-12,14,17H,5,7,9-10H2,1-4H3. The minimum absolute atomic E-state index is 0.00734. The van der Waals surface area contributed by atoms with Gasteiger partial charge in [0.25, 0.3) is 0 Å². The molecule has 0 aliphatic carbocycles. The number of nitrogens with one attached hydrogen (secondary N) is 1. The highest BCUT2D eigenvalue weighted by atomic mass is 32.1. The van der Waals surface area contributed by atoms with Gasteiger partial charge in [-0.05, 0) is 29.7 Å². The highest BCUT2D eigenvalue weighted by Crippen LogP contribution is 2.31. The molecule has 0 aromatic carbocycles. The van der Waals surface area contributed by atoms with Crippen molar-refractivity contribution in [2.45, 2.75) is 59.2 Å². The smallest absolute Gasteiger partial charge is 0.241 e. The molecule has 1 aromatic heterocycles. The van der Waals surface area contributed by atoms with E-state index in [0.717, 1.165) is 25.8 Å². The monoisotopic (exact) mass is 294 g/mol. The summed E-state index contributed by atoms with van der Waals surface area (Å²) in [6.45, 7) is 9.64. The van der Waals surface area contributed by atoms with Crippen LogP contribution in [-0.4, -0.2) is 23.4 Å². The Kier molecular flexibility index (Phi) is 4.86. The SMILES string of the molecule is CCCC1NC(c2cccs2)N(CCC(C)(C)C)C1=O. The quantitative estimate of drug-likeness (QED) is 0.896. The second-order valence-electron chi connectivity index (χ2n) is 6.77. The van der Waals surface area contributed by atoms with Crippen LogP contribution < -0.4 is 5.32 Å². The summed E-state index contributed by atoms with van der Waals surface area (Å²) in [7, 11) is 0. The molecule has 1 aliphatic rings. The lowest BCUT2D eigenvalue weighted by atomic mass is 9.92. The lowest BCUT2D eigenvalue weighted by Crippen LogP contribution is -2.33. The van der Waals surface area contributed by atoms with Gasteiger partial charge in [0.05, 0.1) is 6.04 Å². The van der Waals surface area contributed by atoms with Crippen molar-refractivity contribution in [1.29, 1.82) is 0 Å². The molecule has 1 aliphatic heterocycles. The Morgan fingerprint density at radius 1 is 1.40 bits per heavy atom. The van der Waals surface area contributed by atoms with Gasteiger partial charge in [-0.1, -0.05) is 40.2 Å². The Balaban J connectivity index is 2.13. The normalized spacial score (nSPS) is 23.6. The van der Waals surface area contributed by atoms with Crippen LogP contribution in [0.4, 0.5) is 0 Å². The zero-order valence-corrected chi connectivity index (χ0v) is 13.8. The van der Waals surface area contributed by atoms with Crippen molar-refractivity contribution >= 4 is 17.2 Å². The van der Waals surface area contributed by atoms with Crippen LogP contribution in [0.3, 0.4) is 0 Å². The van der Waals surface area contributed by atoms with E-state index in [4.69, 9.17) is 0 Å². The first-order valence-corrected chi connectivity index (χ1v) is 8.40. The van der Waals surface area contributed by atoms with E-state index < -0.39 is 0 Å². The minimum Gasteiger partial charge on any atom is -0.321 e. The van der Waals surface area contributed by atoms with Gasteiger partial charge in [0, 0.05) is 11.4 Å². The molecule has 1 amide bonds. The summed E-state index contributed by atoms with van der Waals surface area (Å²) in [5.74, 6) is 0.273. The highest BCUT2D eigenvalue weighted by molar-refractivity contribution is 7.10. The Labute approximate surface area is 126 Å². The van der Waals surface area contributed by atoms with E-state index in [2.05, 4.69) is 50.5 Å². The molecule has 1 fully saturated rings. The summed E-state index contributed by atoms with van der Waals surface area (Å²) < 4.78 is 0. The molecule has 2 rings (SSSR count). The molecule has 2 atom stereocenters. The maximum Gasteiger partial charge on any atom is 0.241 e. The van der Waals surface area contributed by atoms with Crippen molar-refractivity contribution in [3.63, 3.8) is 0 Å². The maximum absolute atomic E-state index is 12.6. The van der Waals surface area contributed by atoms with Gasteiger partial charge in [0.15, 0.2) is 0 Å². The van der Waals surface area contributed by atoms with Crippen LogP contribution in [0.1, 0.15) is 58.0 Å². The van der Waals surface area contributed by atoms with Crippen molar-refractivity contribution in [1.82, 2.24) is 10.2 Å². The van der Waals surface area contributed by atoms with Crippen molar-refractivity contribution in [3.05, 3.63) is 22.4 Å². The van der Waals surface area contributed by atoms with Gasteiger partial charge in [-0.2, -0.15) is 0 Å². The average molecular weight is 294 g/mol. The van der Waals surface area contributed by atoms with Crippen LogP contribution in [0.15, 0.2) is 17.5 Å². The summed E-state index contributed by atoms with van der Waals surface area (Å²) in [5, 5.41) is 5.60. The van der Waals surface area contributed by atoms with E-state index >= 15 is 0 Å². The Morgan fingerprint density at radius 2 is 2.15 bits per heavy atom. The molecule has 0 spiro atoms. The second-order valence-corrected chi connectivity index (χ2v) is 7.75. The third kappa shape index (κ3) is 3.61. The summed E-state index contributed by atoms with van der Waals surface area (Å²) >= 11 is 1.72. The van der Waals surface area contributed by atoms with E-state index in [9.17, 15) is 4.79 Å². The predicted octanol–water partition coefficient (Wildman–Crippen LogP) is 3.78. The van der Waals surface area contributed by atoms with Crippen molar-refractivity contribution < 1.29 is 4.79 Å². The molecular formula is C16H26N2OS. The number of nitrogens with zero attached hydrogens (tertiary/aromatic N) is 1. The van der Waals surface area contributed by atoms with Crippen LogP contribution >= 0.6 is 11.3 Å². The van der Waals surface area contributed by atoms with E-state index in [-0.39, 0.29) is 23.5 Å². The number of carbonyl (C=O) groups excluding carboxylic acids is 1. The van der Waals surface area contributed by atoms with Crippen LogP contribution in [-0.2, 0) is 4.79 Å². The Morgan fingerprint density at radius 3 is 2.70 bits per heavy atom.